The number of hydrogen-bond donors (Lipinski definition) is 0. The highest BCUT2D eigenvalue weighted by Gasteiger charge is 2.17. The van der Waals surface area contributed by atoms with Crippen LogP contribution < -0.4 is 0 Å². The smallest absolute Gasteiger partial charge is 0.168 e. The Morgan fingerprint density at radius 1 is 0.588 bits per heavy atom. The Labute approximate surface area is 201 Å². The van der Waals surface area contributed by atoms with Gasteiger partial charge in [-0.15, -0.1) is 10.2 Å². The predicted octanol–water partition coefficient (Wildman–Crippen LogP) is 7.49. The van der Waals surface area contributed by atoms with Gasteiger partial charge in [0.2, 0.25) is 0 Å². The van der Waals surface area contributed by atoms with Gasteiger partial charge in [0.25, 0.3) is 0 Å². The maximum absolute atomic E-state index is 4.63. The molecular formula is C31H29N3. The number of benzene rings is 4. The summed E-state index contributed by atoms with van der Waals surface area (Å²) < 4.78 is 2.18. The quantitative estimate of drug-likeness (QED) is 0.282. The SMILES string of the molecule is CC(C)(C)c1ccc(Cc2nnc(-c3ccc(-c4ccccc4)cc3)n2-c2ccccc2)cc1. The van der Waals surface area contributed by atoms with Crippen LogP contribution in [-0.4, -0.2) is 14.8 Å². The summed E-state index contributed by atoms with van der Waals surface area (Å²) in [5, 5.41) is 9.26. The lowest BCUT2D eigenvalue weighted by Gasteiger charge is -2.19. The number of nitrogens with zero attached hydrogens (tertiary/aromatic N) is 3. The van der Waals surface area contributed by atoms with Crippen molar-refractivity contribution in [1.29, 1.82) is 0 Å². The molecule has 0 atom stereocenters. The van der Waals surface area contributed by atoms with Crippen LogP contribution in [0.15, 0.2) is 109 Å². The standard InChI is InChI=1S/C31H29N3/c1-31(2,3)27-20-14-23(15-21-27)22-29-32-33-30(34(29)28-12-8-5-9-13-28)26-18-16-25(17-19-26)24-10-6-4-7-11-24/h4-21H,22H2,1-3H3. The summed E-state index contributed by atoms with van der Waals surface area (Å²) in [4.78, 5) is 0. The summed E-state index contributed by atoms with van der Waals surface area (Å²) in [5.41, 5.74) is 7.21. The highest BCUT2D eigenvalue weighted by atomic mass is 15.3. The molecule has 3 heteroatoms. The molecule has 0 N–H and O–H groups in total. The van der Waals surface area contributed by atoms with Crippen LogP contribution in [0.4, 0.5) is 0 Å². The number of hydrogen-bond acceptors (Lipinski definition) is 2. The number of para-hydroxylation sites is 1. The van der Waals surface area contributed by atoms with E-state index in [0.717, 1.165) is 22.9 Å². The van der Waals surface area contributed by atoms with Gasteiger partial charge >= 0.3 is 0 Å². The molecule has 0 aliphatic carbocycles. The fraction of sp³-hybridized carbons (Fsp3) is 0.161. The van der Waals surface area contributed by atoms with E-state index in [4.69, 9.17) is 0 Å². The normalized spacial score (nSPS) is 11.5. The fourth-order valence-electron chi connectivity index (χ4n) is 4.21. The van der Waals surface area contributed by atoms with Crippen LogP contribution in [-0.2, 0) is 11.8 Å². The Morgan fingerprint density at radius 3 is 1.76 bits per heavy atom. The predicted molar refractivity (Wildman–Crippen MR) is 140 cm³/mol. The molecule has 1 heterocycles. The van der Waals surface area contributed by atoms with E-state index in [1.165, 1.54) is 22.3 Å². The lowest BCUT2D eigenvalue weighted by atomic mass is 9.86. The third kappa shape index (κ3) is 4.55. The van der Waals surface area contributed by atoms with E-state index in [1.54, 1.807) is 0 Å². The molecule has 0 bridgehead atoms. The van der Waals surface area contributed by atoms with Gasteiger partial charge in [-0.25, -0.2) is 0 Å². The first kappa shape index (κ1) is 21.8. The second kappa shape index (κ2) is 9.11. The molecule has 0 spiro atoms. The van der Waals surface area contributed by atoms with Crippen molar-refractivity contribution in [2.75, 3.05) is 0 Å². The van der Waals surface area contributed by atoms with Gasteiger partial charge in [0.1, 0.15) is 5.82 Å². The summed E-state index contributed by atoms with van der Waals surface area (Å²) in [7, 11) is 0. The van der Waals surface area contributed by atoms with Gasteiger partial charge in [-0.3, -0.25) is 4.57 Å². The molecule has 0 saturated heterocycles. The van der Waals surface area contributed by atoms with Crippen LogP contribution in [0.25, 0.3) is 28.2 Å². The lowest BCUT2D eigenvalue weighted by Crippen LogP contribution is -2.11. The van der Waals surface area contributed by atoms with Crippen LogP contribution in [0, 0.1) is 0 Å². The van der Waals surface area contributed by atoms with Crippen molar-refractivity contribution in [3.8, 4) is 28.2 Å². The molecule has 0 aliphatic rings. The van der Waals surface area contributed by atoms with Crippen molar-refractivity contribution in [2.45, 2.75) is 32.6 Å². The molecular weight excluding hydrogens is 414 g/mol. The Hall–Kier alpha value is -3.98. The first-order chi connectivity index (χ1) is 16.5. The summed E-state index contributed by atoms with van der Waals surface area (Å²) in [5.74, 6) is 1.78. The molecule has 3 nitrogen and oxygen atoms in total. The van der Waals surface area contributed by atoms with Crippen LogP contribution >= 0.6 is 0 Å². The number of rotatable bonds is 5. The van der Waals surface area contributed by atoms with E-state index < -0.39 is 0 Å². The molecule has 168 valence electrons. The van der Waals surface area contributed by atoms with Gasteiger partial charge in [0.05, 0.1) is 0 Å². The molecule has 0 saturated carbocycles. The second-order valence-electron chi connectivity index (χ2n) is 9.68. The van der Waals surface area contributed by atoms with Crippen molar-refractivity contribution in [3.63, 3.8) is 0 Å². The number of aromatic nitrogens is 3. The lowest BCUT2D eigenvalue weighted by molar-refractivity contribution is 0.590. The van der Waals surface area contributed by atoms with Crippen LogP contribution in [0.3, 0.4) is 0 Å². The van der Waals surface area contributed by atoms with Crippen molar-refractivity contribution in [1.82, 2.24) is 14.8 Å². The van der Waals surface area contributed by atoms with Crippen molar-refractivity contribution in [2.24, 2.45) is 0 Å². The zero-order valence-electron chi connectivity index (χ0n) is 19.9. The first-order valence-corrected chi connectivity index (χ1v) is 11.7. The van der Waals surface area contributed by atoms with Gasteiger partial charge in [-0.05, 0) is 39.8 Å². The fourth-order valence-corrected chi connectivity index (χ4v) is 4.21. The van der Waals surface area contributed by atoms with E-state index in [0.29, 0.717) is 6.42 Å². The van der Waals surface area contributed by atoms with E-state index in [2.05, 4.69) is 133 Å². The highest BCUT2D eigenvalue weighted by Crippen LogP contribution is 2.28. The molecule has 0 radical (unpaired) electrons. The average molecular weight is 444 g/mol. The maximum atomic E-state index is 4.63. The highest BCUT2D eigenvalue weighted by molar-refractivity contribution is 5.68. The van der Waals surface area contributed by atoms with E-state index in [1.807, 2.05) is 12.1 Å². The van der Waals surface area contributed by atoms with Gasteiger partial charge < -0.3 is 0 Å². The molecule has 0 aliphatic heterocycles. The van der Waals surface area contributed by atoms with E-state index >= 15 is 0 Å². The Bertz CT molecular complexity index is 1360. The van der Waals surface area contributed by atoms with Gasteiger partial charge in [-0.2, -0.15) is 0 Å². The van der Waals surface area contributed by atoms with Crippen molar-refractivity contribution in [3.05, 3.63) is 126 Å². The Kier molecular flexibility index (Phi) is 5.85. The minimum atomic E-state index is 0.141. The summed E-state index contributed by atoms with van der Waals surface area (Å²) in [6.07, 6.45) is 0.717. The second-order valence-corrected chi connectivity index (χ2v) is 9.68. The first-order valence-electron chi connectivity index (χ1n) is 11.7. The zero-order chi connectivity index (χ0) is 23.5. The zero-order valence-corrected chi connectivity index (χ0v) is 19.9. The summed E-state index contributed by atoms with van der Waals surface area (Å²) >= 11 is 0. The Morgan fingerprint density at radius 2 is 1.15 bits per heavy atom. The van der Waals surface area contributed by atoms with Crippen molar-refractivity contribution < 1.29 is 0 Å². The monoisotopic (exact) mass is 443 g/mol. The van der Waals surface area contributed by atoms with Crippen LogP contribution in [0.2, 0.25) is 0 Å². The molecule has 5 aromatic rings. The largest absolute Gasteiger partial charge is 0.279 e. The van der Waals surface area contributed by atoms with Gasteiger partial charge in [-0.1, -0.05) is 118 Å². The molecule has 5 rings (SSSR count). The minimum Gasteiger partial charge on any atom is -0.279 e. The van der Waals surface area contributed by atoms with E-state index in [9.17, 15) is 0 Å². The maximum Gasteiger partial charge on any atom is 0.168 e. The Balaban J connectivity index is 1.52. The van der Waals surface area contributed by atoms with Crippen molar-refractivity contribution >= 4 is 0 Å². The van der Waals surface area contributed by atoms with Gasteiger partial charge in [0.15, 0.2) is 5.82 Å². The summed E-state index contributed by atoms with van der Waals surface area (Å²) in [6.45, 7) is 6.72. The molecule has 1 aromatic heterocycles. The minimum absolute atomic E-state index is 0.141. The molecule has 0 unspecified atom stereocenters. The van der Waals surface area contributed by atoms with Gasteiger partial charge in [0, 0.05) is 17.7 Å². The van der Waals surface area contributed by atoms with E-state index in [-0.39, 0.29) is 5.41 Å². The molecule has 34 heavy (non-hydrogen) atoms. The average Bonchev–Trinajstić information content (AvgIpc) is 3.28. The molecule has 0 fully saturated rings. The molecule has 4 aromatic carbocycles. The summed E-state index contributed by atoms with van der Waals surface area (Å²) in [6, 6.07) is 38.2. The third-order valence-corrected chi connectivity index (χ3v) is 6.18. The molecule has 0 amide bonds. The third-order valence-electron chi connectivity index (χ3n) is 6.18. The van der Waals surface area contributed by atoms with Crippen LogP contribution in [0.1, 0.15) is 37.7 Å². The van der Waals surface area contributed by atoms with Crippen LogP contribution in [0.5, 0.6) is 0 Å². The topological polar surface area (TPSA) is 30.7 Å².